The molecule has 2 heterocycles. The number of benzene rings is 1. The van der Waals surface area contributed by atoms with Crippen LogP contribution in [0.25, 0.3) is 5.69 Å². The maximum atomic E-state index is 13.8. The van der Waals surface area contributed by atoms with Crippen molar-refractivity contribution in [2.75, 3.05) is 26.0 Å². The Morgan fingerprint density at radius 1 is 1.43 bits per heavy atom. The van der Waals surface area contributed by atoms with Gasteiger partial charge >= 0.3 is 0 Å². The van der Waals surface area contributed by atoms with E-state index in [-0.39, 0.29) is 23.9 Å². The molecule has 1 aromatic heterocycles. The lowest BCUT2D eigenvalue weighted by Crippen LogP contribution is -2.36. The van der Waals surface area contributed by atoms with Gasteiger partial charge in [-0.2, -0.15) is 5.10 Å². The van der Waals surface area contributed by atoms with E-state index >= 15 is 0 Å². The molecule has 1 aromatic carbocycles. The van der Waals surface area contributed by atoms with E-state index in [0.29, 0.717) is 17.8 Å². The van der Waals surface area contributed by atoms with Crippen LogP contribution in [0.2, 0.25) is 0 Å². The van der Waals surface area contributed by atoms with Gasteiger partial charge in [-0.3, -0.25) is 9.69 Å². The number of carbonyl (C=O) groups excluding carboxylic acids is 1. The largest absolute Gasteiger partial charge is 0.380 e. The quantitative estimate of drug-likeness (QED) is 0.931. The average molecular weight is 318 g/mol. The van der Waals surface area contributed by atoms with Gasteiger partial charge in [-0.15, -0.1) is 0 Å². The number of anilines is 1. The number of ether oxygens (including phenoxy) is 1. The maximum absolute atomic E-state index is 13.8. The lowest BCUT2D eigenvalue weighted by atomic mass is 10.2. The molecule has 23 heavy (non-hydrogen) atoms. The van der Waals surface area contributed by atoms with Gasteiger partial charge in [-0.05, 0) is 25.6 Å². The molecule has 1 aliphatic heterocycles. The molecule has 0 saturated carbocycles. The van der Waals surface area contributed by atoms with Gasteiger partial charge in [0.05, 0.1) is 30.2 Å². The summed E-state index contributed by atoms with van der Waals surface area (Å²) < 4.78 is 20.5. The molecule has 0 unspecified atom stereocenters. The molecule has 2 atom stereocenters. The minimum absolute atomic E-state index is 0.0666. The van der Waals surface area contributed by atoms with Crippen LogP contribution in [0.4, 0.5) is 10.1 Å². The number of aromatic nitrogens is 2. The minimum atomic E-state index is -0.369. The van der Waals surface area contributed by atoms with Crippen molar-refractivity contribution >= 4 is 11.6 Å². The molecule has 0 bridgehead atoms. The van der Waals surface area contributed by atoms with Crippen LogP contribution in [-0.4, -0.2) is 53.4 Å². The average Bonchev–Trinajstić information content (AvgIpc) is 3.14. The highest BCUT2D eigenvalue weighted by molar-refractivity contribution is 5.94. The molecule has 6 nitrogen and oxygen atoms in total. The van der Waals surface area contributed by atoms with Gasteiger partial charge in [0.15, 0.2) is 0 Å². The summed E-state index contributed by atoms with van der Waals surface area (Å²) in [6, 6.07) is 6.11. The summed E-state index contributed by atoms with van der Waals surface area (Å²) in [7, 11) is 3.54. The molecule has 122 valence electrons. The van der Waals surface area contributed by atoms with Gasteiger partial charge in [-0.1, -0.05) is 12.1 Å². The summed E-state index contributed by atoms with van der Waals surface area (Å²) in [4.78, 5) is 14.3. The molecule has 7 heteroatoms. The van der Waals surface area contributed by atoms with E-state index in [1.807, 2.05) is 11.9 Å². The third-order valence-electron chi connectivity index (χ3n) is 4.10. The summed E-state index contributed by atoms with van der Waals surface area (Å²) in [5.41, 5.74) is 0.873. The zero-order valence-electron chi connectivity index (χ0n) is 13.1. The molecular formula is C16H19FN4O2. The third-order valence-corrected chi connectivity index (χ3v) is 4.10. The predicted molar refractivity (Wildman–Crippen MR) is 84.0 cm³/mol. The van der Waals surface area contributed by atoms with Crippen LogP contribution < -0.4 is 5.32 Å². The van der Waals surface area contributed by atoms with Crippen LogP contribution in [0, 0.1) is 5.82 Å². The molecule has 1 saturated heterocycles. The van der Waals surface area contributed by atoms with Gasteiger partial charge in [0.25, 0.3) is 0 Å². The topological polar surface area (TPSA) is 59.4 Å². The molecular weight excluding hydrogens is 299 g/mol. The molecule has 0 spiro atoms. The highest BCUT2D eigenvalue weighted by atomic mass is 19.1. The summed E-state index contributed by atoms with van der Waals surface area (Å²) in [5, 5.41) is 6.93. The Morgan fingerprint density at radius 2 is 2.22 bits per heavy atom. The summed E-state index contributed by atoms with van der Waals surface area (Å²) in [6.07, 6.45) is 3.82. The second kappa shape index (κ2) is 6.47. The number of hydrogen-bond acceptors (Lipinski definition) is 4. The molecule has 1 amide bonds. The zero-order valence-corrected chi connectivity index (χ0v) is 13.1. The van der Waals surface area contributed by atoms with E-state index in [4.69, 9.17) is 4.74 Å². The van der Waals surface area contributed by atoms with Crippen LogP contribution in [-0.2, 0) is 9.53 Å². The van der Waals surface area contributed by atoms with Crippen molar-refractivity contribution in [2.45, 2.75) is 18.6 Å². The Hall–Kier alpha value is -2.25. The smallest absolute Gasteiger partial charge is 0.241 e. The normalized spacial score (nSPS) is 21.5. The highest BCUT2D eigenvalue weighted by Gasteiger charge is 2.34. The van der Waals surface area contributed by atoms with Crippen LogP contribution in [0.5, 0.6) is 0 Å². The van der Waals surface area contributed by atoms with Crippen LogP contribution >= 0.6 is 0 Å². The number of hydrogen-bond donors (Lipinski definition) is 1. The third kappa shape index (κ3) is 3.25. The van der Waals surface area contributed by atoms with Crippen molar-refractivity contribution in [1.82, 2.24) is 14.7 Å². The lowest BCUT2D eigenvalue weighted by Gasteiger charge is -2.17. The Labute approximate surface area is 133 Å². The fraction of sp³-hybridized carbons (Fsp3) is 0.375. The van der Waals surface area contributed by atoms with Crippen LogP contribution in [0.15, 0.2) is 36.7 Å². The number of amides is 1. The first kappa shape index (κ1) is 15.6. The molecule has 0 aliphatic carbocycles. The van der Waals surface area contributed by atoms with Crippen molar-refractivity contribution in [1.29, 1.82) is 0 Å². The van der Waals surface area contributed by atoms with Crippen LogP contribution in [0.1, 0.15) is 6.42 Å². The standard InChI is InChI=1S/C16H19FN4O2/c1-20-10-12(23-2)7-15(20)16(22)19-11-8-18-21(9-11)14-6-4-3-5-13(14)17/h3-6,8-9,12,15H,7,10H2,1-2H3,(H,19,22)/t12-,15-/m0/s1. The Bertz CT molecular complexity index is 703. The van der Waals surface area contributed by atoms with E-state index in [0.717, 1.165) is 6.54 Å². The van der Waals surface area contributed by atoms with Crippen molar-refractivity contribution in [2.24, 2.45) is 0 Å². The number of likely N-dealkylation sites (tertiary alicyclic amines) is 1. The first-order valence-electron chi connectivity index (χ1n) is 7.42. The second-order valence-corrected chi connectivity index (χ2v) is 5.66. The molecule has 3 rings (SSSR count). The number of para-hydroxylation sites is 1. The summed E-state index contributed by atoms with van der Waals surface area (Å²) >= 11 is 0. The molecule has 0 radical (unpaired) electrons. The first-order valence-corrected chi connectivity index (χ1v) is 7.42. The zero-order chi connectivity index (χ0) is 16.4. The lowest BCUT2D eigenvalue weighted by molar-refractivity contribution is -0.120. The molecule has 1 N–H and O–H groups in total. The Balaban J connectivity index is 1.70. The molecule has 2 aromatic rings. The highest BCUT2D eigenvalue weighted by Crippen LogP contribution is 2.20. The molecule has 1 fully saturated rings. The number of rotatable bonds is 4. The minimum Gasteiger partial charge on any atom is -0.380 e. The Morgan fingerprint density at radius 3 is 2.91 bits per heavy atom. The van der Waals surface area contributed by atoms with E-state index in [1.54, 1.807) is 31.5 Å². The summed E-state index contributed by atoms with van der Waals surface area (Å²) in [6.45, 7) is 0.725. The second-order valence-electron chi connectivity index (χ2n) is 5.66. The fourth-order valence-electron chi connectivity index (χ4n) is 2.81. The van der Waals surface area contributed by atoms with E-state index in [9.17, 15) is 9.18 Å². The van der Waals surface area contributed by atoms with Crippen molar-refractivity contribution in [3.8, 4) is 5.69 Å². The van der Waals surface area contributed by atoms with Crippen molar-refractivity contribution < 1.29 is 13.9 Å². The number of carbonyl (C=O) groups is 1. The SMILES string of the molecule is CO[C@H]1C[C@@H](C(=O)Nc2cnn(-c3ccccc3F)c2)N(C)C1. The van der Waals surface area contributed by atoms with Gasteiger partial charge < -0.3 is 10.1 Å². The van der Waals surface area contributed by atoms with Crippen molar-refractivity contribution in [3.63, 3.8) is 0 Å². The number of halogens is 1. The van der Waals surface area contributed by atoms with Crippen LogP contribution in [0.3, 0.4) is 0 Å². The van der Waals surface area contributed by atoms with Gasteiger partial charge in [0, 0.05) is 13.7 Å². The molecule has 1 aliphatic rings. The van der Waals surface area contributed by atoms with Gasteiger partial charge in [0.2, 0.25) is 5.91 Å². The van der Waals surface area contributed by atoms with E-state index < -0.39 is 0 Å². The monoisotopic (exact) mass is 318 g/mol. The number of nitrogens with one attached hydrogen (secondary N) is 1. The van der Waals surface area contributed by atoms with Gasteiger partial charge in [-0.25, -0.2) is 9.07 Å². The first-order chi connectivity index (χ1) is 11.1. The predicted octanol–water partition coefficient (Wildman–Crippen LogP) is 1.67. The fourth-order valence-corrected chi connectivity index (χ4v) is 2.81. The van der Waals surface area contributed by atoms with Gasteiger partial charge in [0.1, 0.15) is 11.5 Å². The Kier molecular flexibility index (Phi) is 4.40. The van der Waals surface area contributed by atoms with Crippen molar-refractivity contribution in [3.05, 3.63) is 42.5 Å². The van der Waals surface area contributed by atoms with E-state index in [1.165, 1.54) is 16.9 Å². The summed E-state index contributed by atoms with van der Waals surface area (Å²) in [5.74, 6) is -0.480. The maximum Gasteiger partial charge on any atom is 0.241 e. The number of methoxy groups -OCH3 is 1. The number of nitrogens with zero attached hydrogens (tertiary/aromatic N) is 3. The van der Waals surface area contributed by atoms with E-state index in [2.05, 4.69) is 10.4 Å². The number of likely N-dealkylation sites (N-methyl/N-ethyl adjacent to an activating group) is 1.